The molecule has 2 aromatic rings. The van der Waals surface area contributed by atoms with Crippen molar-refractivity contribution in [1.82, 2.24) is 5.32 Å². The summed E-state index contributed by atoms with van der Waals surface area (Å²) in [6, 6.07) is 14.0. The van der Waals surface area contributed by atoms with Gasteiger partial charge in [0.2, 0.25) is 0 Å². The number of nitrogens with one attached hydrogen (secondary N) is 1. The van der Waals surface area contributed by atoms with Gasteiger partial charge in [-0.05, 0) is 17.7 Å². The van der Waals surface area contributed by atoms with Gasteiger partial charge in [-0.3, -0.25) is 14.9 Å². The lowest BCUT2D eigenvalue weighted by Crippen LogP contribution is -2.44. The van der Waals surface area contributed by atoms with Crippen molar-refractivity contribution in [2.75, 3.05) is 13.7 Å². The Balaban J connectivity index is 1.91. The summed E-state index contributed by atoms with van der Waals surface area (Å²) in [5.41, 5.74) is 0.872. The molecule has 0 fully saturated rings. The maximum Gasteiger partial charge on any atom is 0.331 e. The number of methoxy groups -OCH3 is 1. The van der Waals surface area contributed by atoms with E-state index in [2.05, 4.69) is 5.32 Å². The third kappa shape index (κ3) is 6.86. The zero-order valence-electron chi connectivity index (χ0n) is 16.1. The Bertz CT molecular complexity index is 941. The number of amides is 1. The lowest BCUT2D eigenvalue weighted by molar-refractivity contribution is -0.385. The molecule has 30 heavy (non-hydrogen) atoms. The zero-order valence-corrected chi connectivity index (χ0v) is 16.1. The topological polar surface area (TPSA) is 125 Å². The predicted molar refractivity (Wildman–Crippen MR) is 107 cm³/mol. The van der Waals surface area contributed by atoms with Gasteiger partial charge in [0.15, 0.2) is 6.61 Å². The van der Waals surface area contributed by atoms with Crippen molar-refractivity contribution in [3.8, 4) is 0 Å². The van der Waals surface area contributed by atoms with E-state index in [1.165, 1.54) is 31.4 Å². The Labute approximate surface area is 172 Å². The smallest absolute Gasteiger partial charge is 0.331 e. The Morgan fingerprint density at radius 1 is 1.10 bits per heavy atom. The summed E-state index contributed by atoms with van der Waals surface area (Å²) in [5, 5.41) is 13.4. The second-order valence-corrected chi connectivity index (χ2v) is 6.09. The number of nitro groups is 1. The van der Waals surface area contributed by atoms with E-state index < -0.39 is 35.4 Å². The van der Waals surface area contributed by atoms with Gasteiger partial charge in [0.1, 0.15) is 6.04 Å². The molecule has 0 spiro atoms. The Hall–Kier alpha value is -4.01. The van der Waals surface area contributed by atoms with Crippen LogP contribution in [0.4, 0.5) is 5.69 Å². The van der Waals surface area contributed by atoms with Crippen molar-refractivity contribution in [3.05, 3.63) is 81.9 Å². The van der Waals surface area contributed by atoms with E-state index in [1.54, 1.807) is 30.3 Å². The molecule has 0 unspecified atom stereocenters. The third-order valence-electron chi connectivity index (χ3n) is 3.98. The minimum absolute atomic E-state index is 0.166. The highest BCUT2D eigenvalue weighted by molar-refractivity contribution is 5.91. The largest absolute Gasteiger partial charge is 0.467 e. The van der Waals surface area contributed by atoms with E-state index in [0.717, 1.165) is 11.6 Å². The van der Waals surface area contributed by atoms with Gasteiger partial charge in [0.05, 0.1) is 17.6 Å². The molecule has 0 aliphatic heterocycles. The number of hydrogen-bond donors (Lipinski definition) is 1. The van der Waals surface area contributed by atoms with Crippen LogP contribution in [0.1, 0.15) is 11.1 Å². The van der Waals surface area contributed by atoms with Crippen molar-refractivity contribution < 1.29 is 28.8 Å². The van der Waals surface area contributed by atoms with E-state index >= 15 is 0 Å². The molecular formula is C21H20N2O7. The Kier molecular flexibility index (Phi) is 8.25. The van der Waals surface area contributed by atoms with Gasteiger partial charge < -0.3 is 14.8 Å². The highest BCUT2D eigenvalue weighted by atomic mass is 16.6. The molecule has 1 amide bonds. The number of nitrogens with zero attached hydrogens (tertiary/aromatic N) is 1. The maximum absolute atomic E-state index is 12.1. The molecule has 9 heteroatoms. The summed E-state index contributed by atoms with van der Waals surface area (Å²) in [5.74, 6) is -2.18. The van der Waals surface area contributed by atoms with E-state index in [4.69, 9.17) is 9.47 Å². The number of para-hydroxylation sites is 1. The molecule has 0 bridgehead atoms. The molecule has 1 N–H and O–H groups in total. The first-order chi connectivity index (χ1) is 14.4. The zero-order chi connectivity index (χ0) is 21.9. The van der Waals surface area contributed by atoms with Crippen LogP contribution >= 0.6 is 0 Å². The number of benzene rings is 2. The SMILES string of the molecule is COC(=O)[C@H](Cc1ccccc1)NC(=O)COC(=O)/C=C/c1ccccc1[N+](=O)[O-]. The van der Waals surface area contributed by atoms with Crippen molar-refractivity contribution in [2.45, 2.75) is 12.5 Å². The molecule has 0 aromatic heterocycles. The van der Waals surface area contributed by atoms with Crippen LogP contribution in [0.25, 0.3) is 6.08 Å². The van der Waals surface area contributed by atoms with Gasteiger partial charge in [0.25, 0.3) is 11.6 Å². The third-order valence-corrected chi connectivity index (χ3v) is 3.98. The predicted octanol–water partition coefficient (Wildman–Crippen LogP) is 2.05. The minimum atomic E-state index is -0.939. The van der Waals surface area contributed by atoms with Crippen LogP contribution in [0.2, 0.25) is 0 Å². The van der Waals surface area contributed by atoms with Gasteiger partial charge in [-0.15, -0.1) is 0 Å². The summed E-state index contributed by atoms with van der Waals surface area (Å²) in [4.78, 5) is 46.2. The molecule has 1 atom stereocenters. The molecule has 0 saturated carbocycles. The number of ether oxygens (including phenoxy) is 2. The molecule has 2 aromatic carbocycles. The van der Waals surface area contributed by atoms with Crippen molar-refractivity contribution in [2.24, 2.45) is 0 Å². The van der Waals surface area contributed by atoms with Crippen molar-refractivity contribution >= 4 is 29.6 Å². The fourth-order valence-corrected chi connectivity index (χ4v) is 2.56. The van der Waals surface area contributed by atoms with E-state index in [9.17, 15) is 24.5 Å². The number of rotatable bonds is 9. The normalized spacial score (nSPS) is 11.5. The number of esters is 2. The lowest BCUT2D eigenvalue weighted by atomic mass is 10.1. The average Bonchev–Trinajstić information content (AvgIpc) is 2.76. The maximum atomic E-state index is 12.1. The van der Waals surface area contributed by atoms with Crippen molar-refractivity contribution in [1.29, 1.82) is 0 Å². The first-order valence-corrected chi connectivity index (χ1v) is 8.90. The van der Waals surface area contributed by atoms with Gasteiger partial charge in [0, 0.05) is 18.6 Å². The highest BCUT2D eigenvalue weighted by Gasteiger charge is 2.22. The first kappa shape index (κ1) is 22.3. The van der Waals surface area contributed by atoms with E-state index in [0.29, 0.717) is 0 Å². The van der Waals surface area contributed by atoms with Gasteiger partial charge in [-0.2, -0.15) is 0 Å². The summed E-state index contributed by atoms with van der Waals surface area (Å²) >= 11 is 0. The molecular weight excluding hydrogens is 392 g/mol. The standard InChI is InChI=1S/C21H20N2O7/c1-29-21(26)17(13-15-7-3-2-4-8-15)22-19(24)14-30-20(25)12-11-16-9-5-6-10-18(16)23(27)28/h2-12,17H,13-14H2,1H3,(H,22,24)/b12-11+/t17-/m0/s1. The Morgan fingerprint density at radius 2 is 1.77 bits per heavy atom. The van der Waals surface area contributed by atoms with E-state index in [1.807, 2.05) is 6.07 Å². The fourth-order valence-electron chi connectivity index (χ4n) is 2.56. The van der Waals surface area contributed by atoms with Crippen LogP contribution in [0.5, 0.6) is 0 Å². The molecule has 0 aliphatic carbocycles. The summed E-state index contributed by atoms with van der Waals surface area (Å²) < 4.78 is 9.53. The molecule has 0 aliphatic rings. The minimum Gasteiger partial charge on any atom is -0.467 e. The second kappa shape index (κ2) is 11.1. The van der Waals surface area contributed by atoms with Gasteiger partial charge in [-0.25, -0.2) is 9.59 Å². The molecule has 0 heterocycles. The molecule has 0 saturated heterocycles. The van der Waals surface area contributed by atoms with Crippen LogP contribution in [0, 0.1) is 10.1 Å². The lowest BCUT2D eigenvalue weighted by Gasteiger charge is -2.16. The first-order valence-electron chi connectivity index (χ1n) is 8.90. The fraction of sp³-hybridized carbons (Fsp3) is 0.190. The number of nitro benzene ring substituents is 1. The number of carbonyl (C=O) groups is 3. The number of carbonyl (C=O) groups excluding carboxylic acids is 3. The van der Waals surface area contributed by atoms with Crippen LogP contribution < -0.4 is 5.32 Å². The Morgan fingerprint density at radius 3 is 2.43 bits per heavy atom. The summed E-state index contributed by atoms with van der Waals surface area (Å²) in [7, 11) is 1.21. The summed E-state index contributed by atoms with van der Waals surface area (Å²) in [6.07, 6.45) is 2.42. The van der Waals surface area contributed by atoms with Gasteiger partial charge >= 0.3 is 11.9 Å². The van der Waals surface area contributed by atoms with Crippen molar-refractivity contribution in [3.63, 3.8) is 0 Å². The van der Waals surface area contributed by atoms with E-state index in [-0.39, 0.29) is 17.7 Å². The van der Waals surface area contributed by atoms with Crippen LogP contribution in [0.15, 0.2) is 60.7 Å². The van der Waals surface area contributed by atoms with Crippen LogP contribution in [-0.2, 0) is 30.3 Å². The molecule has 156 valence electrons. The van der Waals surface area contributed by atoms with Crippen LogP contribution in [-0.4, -0.2) is 42.5 Å². The average molecular weight is 412 g/mol. The monoisotopic (exact) mass is 412 g/mol. The van der Waals surface area contributed by atoms with Crippen LogP contribution in [0.3, 0.4) is 0 Å². The molecule has 2 rings (SSSR count). The quantitative estimate of drug-likeness (QED) is 0.289. The van der Waals surface area contributed by atoms with Gasteiger partial charge in [-0.1, -0.05) is 42.5 Å². The highest BCUT2D eigenvalue weighted by Crippen LogP contribution is 2.18. The summed E-state index contributed by atoms with van der Waals surface area (Å²) in [6.45, 7) is -0.623. The number of hydrogen-bond acceptors (Lipinski definition) is 7. The molecule has 9 nitrogen and oxygen atoms in total. The second-order valence-electron chi connectivity index (χ2n) is 6.09. The molecule has 0 radical (unpaired) electrons.